The van der Waals surface area contributed by atoms with Crippen LogP contribution in [-0.4, -0.2) is 30.2 Å². The van der Waals surface area contributed by atoms with Crippen molar-refractivity contribution in [3.8, 4) is 0 Å². The van der Waals surface area contributed by atoms with E-state index in [1.807, 2.05) is 23.9 Å². The second-order valence-electron chi connectivity index (χ2n) is 6.89. The van der Waals surface area contributed by atoms with Crippen LogP contribution in [0.5, 0.6) is 0 Å². The maximum absolute atomic E-state index is 13.3. The van der Waals surface area contributed by atoms with Crippen molar-refractivity contribution in [3.63, 3.8) is 0 Å². The highest BCUT2D eigenvalue weighted by atomic mass is 32.1. The molecule has 0 unspecified atom stereocenters. The van der Waals surface area contributed by atoms with E-state index in [-0.39, 0.29) is 5.91 Å². The zero-order valence-corrected chi connectivity index (χ0v) is 16.5. The Morgan fingerprint density at radius 2 is 2.22 bits per heavy atom. The first kappa shape index (κ1) is 17.9. The second kappa shape index (κ2) is 7.64. The molecule has 3 aromatic heterocycles. The standard InChI is InChI=1S/C19H23N5O2S/c1-3-6-15-18(27-22-20-15)19(25)24(11-13-7-5-10-26-13)12-16-14-8-4-9-17(14)23(2)21-16/h5,7,10H,3-4,6,8-9,11-12H2,1-2H3. The van der Waals surface area contributed by atoms with E-state index in [1.165, 1.54) is 22.8 Å². The van der Waals surface area contributed by atoms with Crippen LogP contribution in [0, 0.1) is 0 Å². The molecule has 3 aromatic rings. The molecule has 0 spiro atoms. The molecule has 0 fully saturated rings. The van der Waals surface area contributed by atoms with E-state index in [2.05, 4.69) is 21.6 Å². The van der Waals surface area contributed by atoms with E-state index in [0.29, 0.717) is 18.0 Å². The lowest BCUT2D eigenvalue weighted by molar-refractivity contribution is 0.0718. The molecule has 8 heteroatoms. The number of carbonyl (C=O) groups is 1. The Kier molecular flexibility index (Phi) is 5.07. The van der Waals surface area contributed by atoms with Crippen LogP contribution in [-0.2, 0) is 39.4 Å². The number of fused-ring (bicyclic) bond motifs is 1. The molecule has 27 heavy (non-hydrogen) atoms. The first-order valence-electron chi connectivity index (χ1n) is 9.33. The highest BCUT2D eigenvalue weighted by molar-refractivity contribution is 7.08. The summed E-state index contributed by atoms with van der Waals surface area (Å²) < 4.78 is 11.5. The number of aromatic nitrogens is 4. The molecule has 0 aliphatic heterocycles. The van der Waals surface area contributed by atoms with Gasteiger partial charge < -0.3 is 9.32 Å². The van der Waals surface area contributed by atoms with Crippen LogP contribution in [0.2, 0.25) is 0 Å². The van der Waals surface area contributed by atoms with E-state index < -0.39 is 0 Å². The third kappa shape index (κ3) is 3.53. The molecule has 0 bridgehead atoms. The molecule has 142 valence electrons. The predicted molar refractivity (Wildman–Crippen MR) is 101 cm³/mol. The molecular formula is C19H23N5O2S. The van der Waals surface area contributed by atoms with Gasteiger partial charge in [0.05, 0.1) is 30.7 Å². The number of hydrogen-bond acceptors (Lipinski definition) is 6. The summed E-state index contributed by atoms with van der Waals surface area (Å²) in [6.45, 7) is 2.94. The van der Waals surface area contributed by atoms with Gasteiger partial charge in [-0.2, -0.15) is 5.10 Å². The quantitative estimate of drug-likeness (QED) is 0.624. The minimum Gasteiger partial charge on any atom is -0.467 e. The molecule has 0 aromatic carbocycles. The van der Waals surface area contributed by atoms with Crippen LogP contribution in [0.25, 0.3) is 0 Å². The van der Waals surface area contributed by atoms with Crippen LogP contribution >= 0.6 is 11.5 Å². The molecule has 1 aliphatic carbocycles. The molecule has 1 aliphatic rings. The number of aryl methyl sites for hydroxylation is 2. The molecule has 3 heterocycles. The number of hydrogen-bond donors (Lipinski definition) is 0. The molecule has 7 nitrogen and oxygen atoms in total. The number of furan rings is 1. The molecule has 4 rings (SSSR count). The maximum Gasteiger partial charge on any atom is 0.268 e. The van der Waals surface area contributed by atoms with Gasteiger partial charge in [-0.15, -0.1) is 5.10 Å². The van der Waals surface area contributed by atoms with E-state index in [4.69, 9.17) is 4.42 Å². The van der Waals surface area contributed by atoms with Gasteiger partial charge in [-0.1, -0.05) is 17.8 Å². The third-order valence-corrected chi connectivity index (χ3v) is 5.75. The second-order valence-corrected chi connectivity index (χ2v) is 7.64. The molecule has 0 saturated carbocycles. The van der Waals surface area contributed by atoms with Crippen LogP contribution in [0.3, 0.4) is 0 Å². The van der Waals surface area contributed by atoms with Gasteiger partial charge in [0, 0.05) is 12.7 Å². The van der Waals surface area contributed by atoms with Crippen molar-refractivity contribution in [2.75, 3.05) is 0 Å². The van der Waals surface area contributed by atoms with Crippen LogP contribution < -0.4 is 0 Å². The van der Waals surface area contributed by atoms with Crippen molar-refractivity contribution < 1.29 is 9.21 Å². The van der Waals surface area contributed by atoms with E-state index in [9.17, 15) is 4.79 Å². The highest BCUT2D eigenvalue weighted by Gasteiger charge is 2.27. The fourth-order valence-electron chi connectivity index (χ4n) is 3.71. The first-order valence-corrected chi connectivity index (χ1v) is 10.1. The van der Waals surface area contributed by atoms with Gasteiger partial charge in [0.15, 0.2) is 0 Å². The first-order chi connectivity index (χ1) is 13.2. The smallest absolute Gasteiger partial charge is 0.268 e. The van der Waals surface area contributed by atoms with Gasteiger partial charge in [-0.3, -0.25) is 9.48 Å². The predicted octanol–water partition coefficient (Wildman–Crippen LogP) is 3.15. The number of amides is 1. The Hall–Kier alpha value is -2.48. The molecule has 1 amide bonds. The number of rotatable bonds is 7. The van der Waals surface area contributed by atoms with Crippen LogP contribution in [0.15, 0.2) is 22.8 Å². The summed E-state index contributed by atoms with van der Waals surface area (Å²) in [5.41, 5.74) is 4.36. The highest BCUT2D eigenvalue weighted by Crippen LogP contribution is 2.27. The van der Waals surface area contributed by atoms with Gasteiger partial charge in [-0.25, -0.2) is 0 Å². The Morgan fingerprint density at radius 3 is 3.00 bits per heavy atom. The van der Waals surface area contributed by atoms with Crippen LogP contribution in [0.4, 0.5) is 0 Å². The van der Waals surface area contributed by atoms with E-state index in [1.54, 1.807) is 11.2 Å². The van der Waals surface area contributed by atoms with Gasteiger partial charge >= 0.3 is 0 Å². The zero-order chi connectivity index (χ0) is 18.8. The Morgan fingerprint density at radius 1 is 1.33 bits per heavy atom. The fraction of sp³-hybridized carbons (Fsp3) is 0.474. The maximum atomic E-state index is 13.3. The molecule has 0 radical (unpaired) electrons. The summed E-state index contributed by atoms with van der Waals surface area (Å²) in [4.78, 5) is 15.7. The van der Waals surface area contributed by atoms with Crippen LogP contribution in [0.1, 0.15) is 57.8 Å². The summed E-state index contributed by atoms with van der Waals surface area (Å²) in [7, 11) is 1.98. The lowest BCUT2D eigenvalue weighted by atomic mass is 10.1. The molecule has 0 saturated heterocycles. The van der Waals surface area contributed by atoms with E-state index >= 15 is 0 Å². The normalized spacial score (nSPS) is 13.1. The minimum absolute atomic E-state index is 0.0535. The van der Waals surface area contributed by atoms with Gasteiger partial charge in [0.25, 0.3) is 5.91 Å². The Labute approximate surface area is 162 Å². The van der Waals surface area contributed by atoms with Gasteiger partial charge in [-0.05, 0) is 54.9 Å². The Bertz CT molecular complexity index is 928. The number of carbonyl (C=O) groups excluding carboxylic acids is 1. The summed E-state index contributed by atoms with van der Waals surface area (Å²) >= 11 is 1.17. The van der Waals surface area contributed by atoms with Crippen molar-refractivity contribution >= 4 is 17.4 Å². The molecule has 0 N–H and O–H groups in total. The number of nitrogens with zero attached hydrogens (tertiary/aromatic N) is 5. The van der Waals surface area contributed by atoms with Crippen molar-refractivity contribution in [3.05, 3.63) is 51.7 Å². The Balaban J connectivity index is 1.64. The monoisotopic (exact) mass is 385 g/mol. The topological polar surface area (TPSA) is 77.1 Å². The van der Waals surface area contributed by atoms with Gasteiger partial charge in [0.2, 0.25) is 0 Å². The molecule has 0 atom stereocenters. The molecular weight excluding hydrogens is 362 g/mol. The van der Waals surface area contributed by atoms with Crippen molar-refractivity contribution in [1.29, 1.82) is 0 Å². The third-order valence-electron chi connectivity index (χ3n) is 4.99. The summed E-state index contributed by atoms with van der Waals surface area (Å²) in [5.74, 6) is 0.702. The van der Waals surface area contributed by atoms with Crippen molar-refractivity contribution in [2.45, 2.75) is 52.1 Å². The van der Waals surface area contributed by atoms with Crippen molar-refractivity contribution in [2.24, 2.45) is 7.05 Å². The lowest BCUT2D eigenvalue weighted by Crippen LogP contribution is -2.30. The average molecular weight is 385 g/mol. The van der Waals surface area contributed by atoms with E-state index in [0.717, 1.165) is 49.3 Å². The summed E-state index contributed by atoms with van der Waals surface area (Å²) in [6.07, 6.45) is 6.56. The summed E-state index contributed by atoms with van der Waals surface area (Å²) in [5, 5.41) is 8.84. The average Bonchev–Trinajstić information content (AvgIpc) is 3.42. The minimum atomic E-state index is -0.0535. The summed E-state index contributed by atoms with van der Waals surface area (Å²) in [6, 6.07) is 3.73. The SMILES string of the molecule is CCCc1nnsc1C(=O)N(Cc1ccco1)Cc1nn(C)c2c1CCC2. The fourth-order valence-corrected chi connectivity index (χ4v) is 4.39. The largest absolute Gasteiger partial charge is 0.467 e. The lowest BCUT2D eigenvalue weighted by Gasteiger charge is -2.21. The van der Waals surface area contributed by atoms with Gasteiger partial charge in [0.1, 0.15) is 10.6 Å². The van der Waals surface area contributed by atoms with Crippen molar-refractivity contribution in [1.82, 2.24) is 24.3 Å². The zero-order valence-electron chi connectivity index (χ0n) is 15.6.